The number of hydrogen-bond acceptors (Lipinski definition) is 4. The van der Waals surface area contributed by atoms with Crippen molar-refractivity contribution in [3.05, 3.63) is 70.5 Å². The Morgan fingerprint density at radius 3 is 2.56 bits per heavy atom. The second-order valence-electron chi connectivity index (χ2n) is 5.33. The Hall–Kier alpha value is -3.55. The van der Waals surface area contributed by atoms with Gasteiger partial charge >= 0.3 is 6.03 Å². The third kappa shape index (κ3) is 3.52. The summed E-state index contributed by atoms with van der Waals surface area (Å²) < 4.78 is 14.3. The van der Waals surface area contributed by atoms with E-state index in [0.717, 1.165) is 10.6 Å². The molecule has 1 aromatic heterocycles. The second-order valence-corrected chi connectivity index (χ2v) is 5.33. The molecule has 0 bridgehead atoms. The zero-order valence-corrected chi connectivity index (χ0v) is 12.9. The van der Waals surface area contributed by atoms with Gasteiger partial charge in [-0.15, -0.1) is 0 Å². The van der Waals surface area contributed by atoms with Gasteiger partial charge in [-0.1, -0.05) is 0 Å². The number of fused-ring (bicyclic) bond motifs is 1. The molecule has 0 spiro atoms. The van der Waals surface area contributed by atoms with Crippen LogP contribution in [0.5, 0.6) is 0 Å². The zero-order valence-electron chi connectivity index (χ0n) is 12.9. The fourth-order valence-corrected chi connectivity index (χ4v) is 2.37. The highest BCUT2D eigenvalue weighted by molar-refractivity contribution is 5.97. The van der Waals surface area contributed by atoms with Crippen molar-refractivity contribution in [3.8, 4) is 0 Å². The fraction of sp³-hybridized carbons (Fsp3) is 0.0588. The Kier molecular flexibility index (Phi) is 4.25. The standard InChI is InChI=1S/C17H13FN4O3/c18-11-3-6-13-14(7-11)20-9-22(16(13)24)8-15(23)10-1-4-12(5-2-10)21-17(19)25/h1-7,9H,8H2,(H3,19,21,25). The molecule has 0 fully saturated rings. The van der Waals surface area contributed by atoms with Crippen LogP contribution in [-0.4, -0.2) is 21.4 Å². The molecule has 8 heteroatoms. The van der Waals surface area contributed by atoms with Gasteiger partial charge in [0.15, 0.2) is 5.78 Å². The highest BCUT2D eigenvalue weighted by atomic mass is 19.1. The molecule has 0 unspecified atom stereocenters. The van der Waals surface area contributed by atoms with Crippen molar-refractivity contribution in [2.45, 2.75) is 6.54 Å². The van der Waals surface area contributed by atoms with Crippen molar-refractivity contribution in [1.82, 2.24) is 9.55 Å². The minimum Gasteiger partial charge on any atom is -0.351 e. The number of carbonyl (C=O) groups is 2. The number of rotatable bonds is 4. The number of halogens is 1. The average molecular weight is 340 g/mol. The summed E-state index contributed by atoms with van der Waals surface area (Å²) in [7, 11) is 0. The number of primary amides is 1. The van der Waals surface area contributed by atoms with Crippen LogP contribution in [-0.2, 0) is 6.54 Å². The van der Waals surface area contributed by atoms with E-state index in [4.69, 9.17) is 5.73 Å². The molecule has 0 saturated carbocycles. The van der Waals surface area contributed by atoms with E-state index in [1.54, 1.807) is 0 Å². The highest BCUT2D eigenvalue weighted by Gasteiger charge is 2.11. The first-order valence-electron chi connectivity index (χ1n) is 7.28. The number of nitrogens with zero attached hydrogens (tertiary/aromatic N) is 2. The quantitative estimate of drug-likeness (QED) is 0.707. The van der Waals surface area contributed by atoms with Crippen molar-refractivity contribution in [2.24, 2.45) is 5.73 Å². The van der Waals surface area contributed by atoms with Crippen molar-refractivity contribution in [2.75, 3.05) is 5.32 Å². The molecule has 0 atom stereocenters. The normalized spacial score (nSPS) is 10.6. The van der Waals surface area contributed by atoms with Crippen molar-refractivity contribution < 1.29 is 14.0 Å². The molecule has 3 rings (SSSR count). The molecule has 1 heterocycles. The van der Waals surface area contributed by atoms with Crippen LogP contribution in [0.1, 0.15) is 10.4 Å². The van der Waals surface area contributed by atoms with Gasteiger partial charge in [-0.2, -0.15) is 0 Å². The first kappa shape index (κ1) is 16.3. The van der Waals surface area contributed by atoms with Crippen LogP contribution in [0, 0.1) is 5.82 Å². The lowest BCUT2D eigenvalue weighted by molar-refractivity contribution is 0.0970. The lowest BCUT2D eigenvalue weighted by atomic mass is 10.1. The van der Waals surface area contributed by atoms with E-state index in [9.17, 15) is 18.8 Å². The van der Waals surface area contributed by atoms with Crippen LogP contribution >= 0.6 is 0 Å². The molecule has 0 aliphatic heterocycles. The summed E-state index contributed by atoms with van der Waals surface area (Å²) in [5.74, 6) is -0.797. The molecular weight excluding hydrogens is 327 g/mol. The molecule has 2 aromatic carbocycles. The number of aromatic nitrogens is 2. The SMILES string of the molecule is NC(=O)Nc1ccc(C(=O)Cn2cnc3cc(F)ccc3c2=O)cc1. The fourth-order valence-electron chi connectivity index (χ4n) is 2.37. The number of benzene rings is 2. The third-order valence-corrected chi connectivity index (χ3v) is 3.58. The van der Waals surface area contributed by atoms with E-state index in [-0.39, 0.29) is 23.2 Å². The maximum absolute atomic E-state index is 13.2. The summed E-state index contributed by atoms with van der Waals surface area (Å²) in [4.78, 5) is 39.5. The number of hydrogen-bond donors (Lipinski definition) is 2. The lowest BCUT2D eigenvalue weighted by Crippen LogP contribution is -2.24. The number of nitrogens with two attached hydrogens (primary N) is 1. The van der Waals surface area contributed by atoms with Gasteiger partial charge in [-0.3, -0.25) is 14.2 Å². The molecule has 3 N–H and O–H groups in total. The summed E-state index contributed by atoms with van der Waals surface area (Å²) >= 11 is 0. The average Bonchev–Trinajstić information content (AvgIpc) is 2.57. The van der Waals surface area contributed by atoms with Crippen LogP contribution in [0.25, 0.3) is 10.9 Å². The van der Waals surface area contributed by atoms with Crippen LogP contribution in [0.3, 0.4) is 0 Å². The van der Waals surface area contributed by atoms with E-state index in [1.165, 1.54) is 42.7 Å². The van der Waals surface area contributed by atoms with E-state index < -0.39 is 17.4 Å². The minimum atomic E-state index is -0.704. The zero-order chi connectivity index (χ0) is 18.0. The predicted molar refractivity (Wildman–Crippen MR) is 89.9 cm³/mol. The summed E-state index contributed by atoms with van der Waals surface area (Å²) in [6.45, 7) is -0.207. The molecular formula is C17H13FN4O3. The largest absolute Gasteiger partial charge is 0.351 e. The molecule has 0 saturated heterocycles. The second kappa shape index (κ2) is 6.52. The minimum absolute atomic E-state index is 0.207. The van der Waals surface area contributed by atoms with Gasteiger partial charge in [0.05, 0.1) is 23.8 Å². The molecule has 25 heavy (non-hydrogen) atoms. The third-order valence-electron chi connectivity index (χ3n) is 3.58. The van der Waals surface area contributed by atoms with E-state index in [2.05, 4.69) is 10.3 Å². The Bertz CT molecular complexity index is 1030. The summed E-state index contributed by atoms with van der Waals surface area (Å²) in [5, 5.41) is 2.62. The van der Waals surface area contributed by atoms with Crippen LogP contribution < -0.4 is 16.6 Å². The van der Waals surface area contributed by atoms with E-state index in [0.29, 0.717) is 11.3 Å². The maximum atomic E-state index is 13.2. The van der Waals surface area contributed by atoms with Crippen molar-refractivity contribution >= 4 is 28.4 Å². The number of amides is 2. The monoisotopic (exact) mass is 340 g/mol. The Morgan fingerprint density at radius 2 is 1.88 bits per heavy atom. The molecule has 0 aliphatic rings. The number of urea groups is 1. The van der Waals surface area contributed by atoms with Gasteiger partial charge in [0.1, 0.15) is 5.82 Å². The van der Waals surface area contributed by atoms with E-state index >= 15 is 0 Å². The summed E-state index contributed by atoms with van der Waals surface area (Å²) in [6, 6.07) is 9.06. The van der Waals surface area contributed by atoms with Crippen molar-refractivity contribution in [1.29, 1.82) is 0 Å². The topological polar surface area (TPSA) is 107 Å². The summed E-state index contributed by atoms with van der Waals surface area (Å²) in [5.41, 5.74) is 5.63. The van der Waals surface area contributed by atoms with Crippen LogP contribution in [0.4, 0.5) is 14.9 Å². The molecule has 0 radical (unpaired) electrons. The maximum Gasteiger partial charge on any atom is 0.316 e. The molecule has 2 amide bonds. The van der Waals surface area contributed by atoms with Crippen LogP contribution in [0.2, 0.25) is 0 Å². The van der Waals surface area contributed by atoms with Gasteiger partial charge in [0.2, 0.25) is 0 Å². The number of anilines is 1. The molecule has 7 nitrogen and oxygen atoms in total. The first-order valence-corrected chi connectivity index (χ1v) is 7.28. The highest BCUT2D eigenvalue weighted by Crippen LogP contribution is 2.11. The molecule has 3 aromatic rings. The number of nitrogens with one attached hydrogen (secondary N) is 1. The Balaban J connectivity index is 1.84. The number of Topliss-reactive ketones (excluding diaryl/α,β-unsaturated/α-hetero) is 1. The van der Waals surface area contributed by atoms with E-state index in [1.807, 2.05) is 0 Å². The van der Waals surface area contributed by atoms with Crippen LogP contribution in [0.15, 0.2) is 53.6 Å². The predicted octanol–water partition coefficient (Wildman–Crippen LogP) is 1.91. The smallest absolute Gasteiger partial charge is 0.316 e. The molecule has 126 valence electrons. The Morgan fingerprint density at radius 1 is 1.16 bits per heavy atom. The number of ketones is 1. The van der Waals surface area contributed by atoms with Gasteiger partial charge < -0.3 is 11.1 Å². The lowest BCUT2D eigenvalue weighted by Gasteiger charge is -2.07. The number of carbonyl (C=O) groups excluding carboxylic acids is 2. The molecule has 0 aliphatic carbocycles. The van der Waals surface area contributed by atoms with Gasteiger partial charge in [0.25, 0.3) is 5.56 Å². The van der Waals surface area contributed by atoms with Gasteiger partial charge in [-0.25, -0.2) is 14.2 Å². The van der Waals surface area contributed by atoms with Crippen molar-refractivity contribution in [3.63, 3.8) is 0 Å². The summed E-state index contributed by atoms with van der Waals surface area (Å²) in [6.07, 6.45) is 1.21. The van der Waals surface area contributed by atoms with Gasteiger partial charge in [-0.05, 0) is 36.4 Å². The van der Waals surface area contributed by atoms with Gasteiger partial charge in [0, 0.05) is 17.3 Å². The first-order chi connectivity index (χ1) is 11.9. The Labute approximate surface area is 140 Å².